The fourth-order valence-corrected chi connectivity index (χ4v) is 3.72. The fraction of sp³-hybridized carbons (Fsp3) is 0.333. The first-order chi connectivity index (χ1) is 14.1. The molecule has 1 aliphatic heterocycles. The third-order valence-electron chi connectivity index (χ3n) is 5.01. The quantitative estimate of drug-likeness (QED) is 0.573. The molecule has 152 valence electrons. The average molecular weight is 403 g/mol. The van der Waals surface area contributed by atoms with Crippen molar-refractivity contribution in [2.24, 2.45) is 0 Å². The van der Waals surface area contributed by atoms with Crippen LogP contribution in [0.15, 0.2) is 53.1 Å². The van der Waals surface area contributed by atoms with E-state index in [2.05, 4.69) is 19.8 Å². The molecule has 1 saturated heterocycles. The molecule has 0 spiro atoms. The van der Waals surface area contributed by atoms with Gasteiger partial charge < -0.3 is 9.26 Å². The van der Waals surface area contributed by atoms with E-state index in [0.717, 1.165) is 31.4 Å². The summed E-state index contributed by atoms with van der Waals surface area (Å²) in [4.78, 5) is 6.59. The number of hydrogen-bond acceptors (Lipinski definition) is 5. The zero-order chi connectivity index (χ0) is 20.2. The van der Waals surface area contributed by atoms with Gasteiger partial charge in [0.1, 0.15) is 11.6 Å². The molecule has 4 rings (SSSR count). The van der Waals surface area contributed by atoms with Crippen LogP contribution in [-0.2, 0) is 13.0 Å². The summed E-state index contributed by atoms with van der Waals surface area (Å²) in [6.07, 6.45) is 2.78. The lowest BCUT2D eigenvalue weighted by Crippen LogP contribution is -2.30. The molecule has 2 heterocycles. The van der Waals surface area contributed by atoms with E-state index in [9.17, 15) is 13.2 Å². The van der Waals surface area contributed by atoms with Crippen molar-refractivity contribution in [1.82, 2.24) is 15.0 Å². The highest BCUT2D eigenvalue weighted by molar-refractivity contribution is 5.63. The number of nitrogens with zero attached hydrogens (tertiary/aromatic N) is 3. The molecular formula is C21H20F3N3O2. The monoisotopic (exact) mass is 403 g/mol. The molecule has 0 bridgehead atoms. The largest absolute Gasteiger partial charge is 0.434 e. The molecule has 3 aromatic rings. The zero-order valence-corrected chi connectivity index (χ0v) is 15.6. The number of likely N-dealkylation sites (tertiary alicyclic amines) is 1. The van der Waals surface area contributed by atoms with Crippen molar-refractivity contribution in [2.75, 3.05) is 6.54 Å². The average Bonchev–Trinajstić information content (AvgIpc) is 3.32. The summed E-state index contributed by atoms with van der Waals surface area (Å²) in [5, 5.41) is 3.93. The van der Waals surface area contributed by atoms with Crippen LogP contribution < -0.4 is 4.74 Å². The summed E-state index contributed by atoms with van der Waals surface area (Å²) >= 11 is 0. The second-order valence-corrected chi connectivity index (χ2v) is 6.99. The molecule has 0 saturated carbocycles. The van der Waals surface area contributed by atoms with Crippen molar-refractivity contribution in [2.45, 2.75) is 38.5 Å². The van der Waals surface area contributed by atoms with Crippen LogP contribution in [0.1, 0.15) is 24.3 Å². The molecule has 8 heteroatoms. The van der Waals surface area contributed by atoms with Crippen molar-refractivity contribution in [1.29, 1.82) is 0 Å². The molecule has 0 amide bonds. The first-order valence-corrected chi connectivity index (χ1v) is 9.44. The Kier molecular flexibility index (Phi) is 5.80. The van der Waals surface area contributed by atoms with E-state index in [1.54, 1.807) is 30.3 Å². The van der Waals surface area contributed by atoms with Gasteiger partial charge in [-0.2, -0.15) is 13.8 Å². The highest BCUT2D eigenvalue weighted by atomic mass is 19.3. The van der Waals surface area contributed by atoms with Gasteiger partial charge in [0.05, 0.1) is 12.1 Å². The van der Waals surface area contributed by atoms with Gasteiger partial charge in [0.2, 0.25) is 11.7 Å². The number of ether oxygens (including phenoxy) is 1. The van der Waals surface area contributed by atoms with Gasteiger partial charge in [-0.1, -0.05) is 29.4 Å². The van der Waals surface area contributed by atoms with E-state index in [4.69, 9.17) is 4.52 Å². The highest BCUT2D eigenvalue weighted by Gasteiger charge is 2.27. The lowest BCUT2D eigenvalue weighted by atomic mass is 10.0. The van der Waals surface area contributed by atoms with Crippen LogP contribution in [0.2, 0.25) is 0 Å². The maximum Gasteiger partial charge on any atom is 0.387 e. The number of para-hydroxylation sites is 1. The Morgan fingerprint density at radius 3 is 2.86 bits per heavy atom. The topological polar surface area (TPSA) is 51.4 Å². The Morgan fingerprint density at radius 2 is 2.03 bits per heavy atom. The minimum Gasteiger partial charge on any atom is -0.434 e. The Morgan fingerprint density at radius 1 is 1.17 bits per heavy atom. The molecule has 0 radical (unpaired) electrons. The third-order valence-corrected chi connectivity index (χ3v) is 5.01. The fourth-order valence-electron chi connectivity index (χ4n) is 3.72. The van der Waals surface area contributed by atoms with Gasteiger partial charge in [-0.3, -0.25) is 4.90 Å². The van der Waals surface area contributed by atoms with Crippen molar-refractivity contribution in [3.8, 4) is 17.1 Å². The number of aromatic nitrogens is 2. The summed E-state index contributed by atoms with van der Waals surface area (Å²) in [5.74, 6) is 0.369. The molecule has 0 N–H and O–H groups in total. The van der Waals surface area contributed by atoms with E-state index in [-0.39, 0.29) is 23.4 Å². The van der Waals surface area contributed by atoms with Crippen molar-refractivity contribution in [3.63, 3.8) is 0 Å². The minimum atomic E-state index is -2.93. The Bertz CT molecular complexity index is 964. The minimum absolute atomic E-state index is 0.00000302. The number of alkyl halides is 2. The van der Waals surface area contributed by atoms with E-state index >= 15 is 0 Å². The summed E-state index contributed by atoms with van der Waals surface area (Å²) in [6, 6.07) is 13.2. The summed E-state index contributed by atoms with van der Waals surface area (Å²) in [5.41, 5.74) is 1.30. The van der Waals surface area contributed by atoms with E-state index < -0.39 is 6.61 Å². The lowest BCUT2D eigenvalue weighted by molar-refractivity contribution is -0.0494. The van der Waals surface area contributed by atoms with Gasteiger partial charge in [-0.05, 0) is 55.6 Å². The lowest BCUT2D eigenvalue weighted by Gasteiger charge is -2.22. The van der Waals surface area contributed by atoms with Crippen LogP contribution in [0.3, 0.4) is 0 Å². The van der Waals surface area contributed by atoms with Gasteiger partial charge in [0.15, 0.2) is 0 Å². The normalized spacial score (nSPS) is 17.2. The van der Waals surface area contributed by atoms with Crippen molar-refractivity contribution < 1.29 is 22.4 Å². The number of hydrogen-bond donors (Lipinski definition) is 0. The maximum atomic E-state index is 13.5. The molecule has 1 aliphatic rings. The van der Waals surface area contributed by atoms with E-state index in [1.807, 2.05) is 6.07 Å². The molecular weight excluding hydrogens is 383 g/mol. The van der Waals surface area contributed by atoms with Crippen LogP contribution in [-0.4, -0.2) is 34.2 Å². The SMILES string of the molecule is Fc1cccc(CC2CCCN2Cc2nc(-c3ccccc3OC(F)F)no2)c1. The Labute approximate surface area is 166 Å². The molecule has 1 fully saturated rings. The van der Waals surface area contributed by atoms with Crippen LogP contribution in [0.25, 0.3) is 11.4 Å². The molecule has 1 atom stereocenters. The van der Waals surface area contributed by atoms with Crippen molar-refractivity contribution in [3.05, 3.63) is 65.8 Å². The predicted octanol–water partition coefficient (Wildman–Crippen LogP) is 4.68. The Balaban J connectivity index is 1.46. The first-order valence-electron chi connectivity index (χ1n) is 9.44. The van der Waals surface area contributed by atoms with E-state index in [1.165, 1.54) is 12.1 Å². The second-order valence-electron chi connectivity index (χ2n) is 6.99. The van der Waals surface area contributed by atoms with Gasteiger partial charge in [0.25, 0.3) is 0 Å². The first kappa shape index (κ1) is 19.4. The molecule has 2 aromatic carbocycles. The number of rotatable bonds is 7. The summed E-state index contributed by atoms with van der Waals surface area (Å²) in [6.45, 7) is -1.61. The van der Waals surface area contributed by atoms with Crippen molar-refractivity contribution >= 4 is 0 Å². The maximum absolute atomic E-state index is 13.5. The summed E-state index contributed by atoms with van der Waals surface area (Å²) < 4.78 is 48.6. The molecule has 1 unspecified atom stereocenters. The second kappa shape index (κ2) is 8.65. The standard InChI is InChI=1S/C21H20F3N3O2/c22-15-6-3-5-14(11-15)12-16-7-4-10-27(16)13-19-25-20(26-29-19)17-8-1-2-9-18(17)28-21(23)24/h1-3,5-6,8-9,11,16,21H,4,7,10,12-13H2. The third kappa shape index (κ3) is 4.76. The molecule has 0 aliphatic carbocycles. The van der Waals surface area contributed by atoms with Crippen LogP contribution >= 0.6 is 0 Å². The molecule has 5 nitrogen and oxygen atoms in total. The van der Waals surface area contributed by atoms with E-state index in [0.29, 0.717) is 18.0 Å². The van der Waals surface area contributed by atoms with Crippen LogP contribution in [0.4, 0.5) is 13.2 Å². The van der Waals surface area contributed by atoms with Gasteiger partial charge in [-0.15, -0.1) is 0 Å². The van der Waals surface area contributed by atoms with Crippen LogP contribution in [0.5, 0.6) is 5.75 Å². The highest BCUT2D eigenvalue weighted by Crippen LogP contribution is 2.29. The number of benzene rings is 2. The Hall–Kier alpha value is -2.87. The smallest absolute Gasteiger partial charge is 0.387 e. The number of halogens is 3. The van der Waals surface area contributed by atoms with Crippen LogP contribution in [0, 0.1) is 5.82 Å². The zero-order valence-electron chi connectivity index (χ0n) is 15.6. The molecule has 29 heavy (non-hydrogen) atoms. The van der Waals surface area contributed by atoms with Gasteiger partial charge >= 0.3 is 6.61 Å². The predicted molar refractivity (Wildman–Crippen MR) is 99.9 cm³/mol. The van der Waals surface area contributed by atoms with Gasteiger partial charge in [0, 0.05) is 6.04 Å². The molecule has 1 aromatic heterocycles. The van der Waals surface area contributed by atoms with Gasteiger partial charge in [-0.25, -0.2) is 4.39 Å². The summed E-state index contributed by atoms with van der Waals surface area (Å²) in [7, 11) is 0.